The van der Waals surface area contributed by atoms with Crippen molar-refractivity contribution < 1.29 is 0 Å². The Morgan fingerprint density at radius 1 is 1.40 bits per heavy atom. The third-order valence-electron chi connectivity index (χ3n) is 3.16. The van der Waals surface area contributed by atoms with Gasteiger partial charge in [0, 0.05) is 29.4 Å². The molecule has 0 saturated heterocycles. The number of halogens is 1. The molecule has 20 heavy (non-hydrogen) atoms. The molecule has 2 N–H and O–H groups in total. The van der Waals surface area contributed by atoms with Crippen molar-refractivity contribution in [3.05, 3.63) is 56.7 Å². The lowest BCUT2D eigenvalue weighted by Crippen LogP contribution is -2.32. The van der Waals surface area contributed by atoms with E-state index in [2.05, 4.69) is 15.3 Å². The van der Waals surface area contributed by atoms with Crippen LogP contribution >= 0.6 is 23.4 Å². The van der Waals surface area contributed by atoms with E-state index in [9.17, 15) is 4.79 Å². The molecular weight excluding hydrogens is 294 g/mol. The van der Waals surface area contributed by atoms with Gasteiger partial charge in [0.2, 0.25) is 0 Å². The zero-order valence-corrected chi connectivity index (χ0v) is 12.4. The van der Waals surface area contributed by atoms with Crippen molar-refractivity contribution in [1.29, 1.82) is 0 Å². The van der Waals surface area contributed by atoms with E-state index in [-0.39, 0.29) is 5.56 Å². The van der Waals surface area contributed by atoms with Crippen LogP contribution < -0.4 is 10.9 Å². The number of nitrogens with one attached hydrogen (secondary N) is 2. The number of rotatable bonds is 3. The summed E-state index contributed by atoms with van der Waals surface area (Å²) in [6, 6.07) is 7.67. The van der Waals surface area contributed by atoms with Gasteiger partial charge in [0.25, 0.3) is 5.56 Å². The fourth-order valence-electron chi connectivity index (χ4n) is 2.18. The Labute approximate surface area is 126 Å². The summed E-state index contributed by atoms with van der Waals surface area (Å²) in [5.74, 6) is 1.36. The Balaban J connectivity index is 1.78. The topological polar surface area (TPSA) is 57.8 Å². The number of fused-ring (bicyclic) bond motifs is 1. The lowest BCUT2D eigenvalue weighted by Gasteiger charge is -2.15. The average molecular weight is 308 g/mol. The smallest absolute Gasteiger partial charge is 0.255 e. The maximum Gasteiger partial charge on any atom is 0.255 e. The Bertz CT molecular complexity index is 686. The van der Waals surface area contributed by atoms with E-state index in [1.807, 2.05) is 24.3 Å². The number of aromatic amines is 1. The lowest BCUT2D eigenvalue weighted by molar-refractivity contribution is 0.616. The third-order valence-corrected chi connectivity index (χ3v) is 4.40. The predicted molar refractivity (Wildman–Crippen MR) is 81.3 cm³/mol. The van der Waals surface area contributed by atoms with Gasteiger partial charge in [-0.3, -0.25) is 4.79 Å². The Kier molecular flexibility index (Phi) is 4.10. The molecule has 6 heteroatoms. The molecule has 0 aliphatic carbocycles. The van der Waals surface area contributed by atoms with Gasteiger partial charge in [-0.05, 0) is 18.2 Å². The predicted octanol–water partition coefficient (Wildman–Crippen LogP) is 2.36. The van der Waals surface area contributed by atoms with Crippen molar-refractivity contribution in [3.8, 4) is 0 Å². The van der Waals surface area contributed by atoms with E-state index in [0.29, 0.717) is 17.3 Å². The molecule has 0 saturated carbocycles. The molecule has 4 nitrogen and oxygen atoms in total. The van der Waals surface area contributed by atoms with Crippen LogP contribution in [0.2, 0.25) is 5.02 Å². The maximum atomic E-state index is 12.0. The zero-order chi connectivity index (χ0) is 13.9. The maximum absolute atomic E-state index is 12.0. The van der Waals surface area contributed by atoms with Crippen molar-refractivity contribution in [1.82, 2.24) is 15.3 Å². The van der Waals surface area contributed by atoms with Crippen LogP contribution in [-0.4, -0.2) is 16.5 Å². The molecule has 0 bridgehead atoms. The zero-order valence-electron chi connectivity index (χ0n) is 10.8. The molecular formula is C14H14ClN3OS. The van der Waals surface area contributed by atoms with Crippen molar-refractivity contribution in [2.75, 3.05) is 6.54 Å². The first-order valence-corrected chi connectivity index (χ1v) is 7.79. The minimum atomic E-state index is -0.0242. The van der Waals surface area contributed by atoms with Crippen molar-refractivity contribution in [3.63, 3.8) is 0 Å². The number of thioether (sulfide) groups is 1. The second-order valence-electron chi connectivity index (χ2n) is 4.61. The van der Waals surface area contributed by atoms with Crippen LogP contribution in [0.3, 0.4) is 0 Å². The van der Waals surface area contributed by atoms with E-state index in [4.69, 9.17) is 11.6 Å². The number of aromatic nitrogens is 2. The summed E-state index contributed by atoms with van der Waals surface area (Å²) in [6.45, 7) is 1.49. The van der Waals surface area contributed by atoms with E-state index in [0.717, 1.165) is 34.9 Å². The summed E-state index contributed by atoms with van der Waals surface area (Å²) in [5, 5.41) is 3.90. The van der Waals surface area contributed by atoms with Gasteiger partial charge in [-0.15, -0.1) is 11.8 Å². The van der Waals surface area contributed by atoms with Crippen LogP contribution in [0.4, 0.5) is 0 Å². The van der Waals surface area contributed by atoms with Crippen LogP contribution in [0.15, 0.2) is 34.0 Å². The summed E-state index contributed by atoms with van der Waals surface area (Å²) in [6.07, 6.45) is 0.814. The van der Waals surface area contributed by atoms with Gasteiger partial charge in [0.1, 0.15) is 5.82 Å². The number of H-pyrrole nitrogens is 1. The Morgan fingerprint density at radius 3 is 3.15 bits per heavy atom. The Morgan fingerprint density at radius 2 is 2.30 bits per heavy atom. The van der Waals surface area contributed by atoms with Gasteiger partial charge < -0.3 is 10.3 Å². The number of hydrogen-bond donors (Lipinski definition) is 2. The van der Waals surface area contributed by atoms with Crippen molar-refractivity contribution in [2.45, 2.75) is 23.6 Å². The molecule has 1 aliphatic rings. The van der Waals surface area contributed by atoms with E-state index in [1.165, 1.54) is 0 Å². The molecule has 0 spiro atoms. The first kappa shape index (κ1) is 13.7. The number of hydrogen-bond acceptors (Lipinski definition) is 4. The minimum absolute atomic E-state index is 0.0242. The highest BCUT2D eigenvalue weighted by Gasteiger charge is 2.14. The van der Waals surface area contributed by atoms with Crippen LogP contribution in [0.25, 0.3) is 0 Å². The first-order valence-electron chi connectivity index (χ1n) is 6.42. The van der Waals surface area contributed by atoms with Gasteiger partial charge in [-0.2, -0.15) is 0 Å². The summed E-state index contributed by atoms with van der Waals surface area (Å²) < 4.78 is 0. The van der Waals surface area contributed by atoms with Crippen LogP contribution in [0.1, 0.15) is 17.1 Å². The van der Waals surface area contributed by atoms with Crippen molar-refractivity contribution >= 4 is 23.4 Å². The van der Waals surface area contributed by atoms with Crippen molar-refractivity contribution in [2.24, 2.45) is 0 Å². The molecule has 2 heterocycles. The quantitative estimate of drug-likeness (QED) is 0.855. The summed E-state index contributed by atoms with van der Waals surface area (Å²) in [7, 11) is 0. The van der Waals surface area contributed by atoms with Gasteiger partial charge >= 0.3 is 0 Å². The molecule has 1 aliphatic heterocycles. The first-order chi connectivity index (χ1) is 9.72. The summed E-state index contributed by atoms with van der Waals surface area (Å²) >= 11 is 7.57. The number of benzene rings is 1. The fourth-order valence-corrected chi connectivity index (χ4v) is 3.26. The molecule has 0 fully saturated rings. The number of nitrogens with zero attached hydrogens (tertiary/aromatic N) is 1. The monoisotopic (exact) mass is 307 g/mol. The molecule has 1 aromatic carbocycles. The minimum Gasteiger partial charge on any atom is -0.312 e. The highest BCUT2D eigenvalue weighted by molar-refractivity contribution is 7.98. The average Bonchev–Trinajstić information content (AvgIpc) is 2.45. The van der Waals surface area contributed by atoms with E-state index >= 15 is 0 Å². The third kappa shape index (κ3) is 3.06. The molecule has 1 aromatic heterocycles. The molecule has 104 valence electrons. The highest BCUT2D eigenvalue weighted by atomic mass is 35.5. The second kappa shape index (κ2) is 5.99. The molecule has 3 rings (SSSR count). The van der Waals surface area contributed by atoms with E-state index < -0.39 is 0 Å². The van der Waals surface area contributed by atoms with E-state index in [1.54, 1.807) is 11.8 Å². The van der Waals surface area contributed by atoms with Gasteiger partial charge in [-0.1, -0.05) is 17.7 Å². The van der Waals surface area contributed by atoms with Crippen LogP contribution in [0, 0.1) is 0 Å². The lowest BCUT2D eigenvalue weighted by atomic mass is 10.1. The summed E-state index contributed by atoms with van der Waals surface area (Å²) in [5.41, 5.74) is 1.67. The van der Waals surface area contributed by atoms with Gasteiger partial charge in [0.05, 0.1) is 17.0 Å². The highest BCUT2D eigenvalue weighted by Crippen LogP contribution is 2.24. The Hall–Kier alpha value is -1.30. The molecule has 0 radical (unpaired) electrons. The fraction of sp³-hybridized carbons (Fsp3) is 0.286. The SMILES string of the molecule is O=c1[nH]c(CSc2cccc(Cl)c2)nc2c1CNCC2. The molecule has 0 amide bonds. The van der Waals surface area contributed by atoms with Crippen LogP contribution in [-0.2, 0) is 18.7 Å². The largest absolute Gasteiger partial charge is 0.312 e. The van der Waals surface area contributed by atoms with Gasteiger partial charge in [-0.25, -0.2) is 4.98 Å². The molecule has 0 unspecified atom stereocenters. The second-order valence-corrected chi connectivity index (χ2v) is 6.10. The normalized spacial score (nSPS) is 14.1. The molecule has 2 aromatic rings. The molecule has 0 atom stereocenters. The summed E-state index contributed by atoms with van der Waals surface area (Å²) in [4.78, 5) is 20.5. The standard InChI is InChI=1S/C14H14ClN3OS/c15-9-2-1-3-10(6-9)20-8-13-17-12-4-5-16-7-11(12)14(19)18-13/h1-3,6,16H,4-5,7-8H2,(H,17,18,19). The van der Waals surface area contributed by atoms with Gasteiger partial charge in [0.15, 0.2) is 0 Å². The van der Waals surface area contributed by atoms with Crippen LogP contribution in [0.5, 0.6) is 0 Å².